The molecule has 0 bridgehead atoms. The third kappa shape index (κ3) is 9.75. The molecule has 0 saturated heterocycles. The summed E-state index contributed by atoms with van der Waals surface area (Å²) in [5.74, 6) is -2.51. The van der Waals surface area contributed by atoms with E-state index in [4.69, 9.17) is 10.2 Å². The standard InChI is InChI=1S/C6H7N.C4H4O4/c1-6-2-4-7-5-3-6;5-3(6)1-2-4(7)8/h2-5H,1H3;1-2H,(H,5,6)(H,7,8). The monoisotopic (exact) mass is 209 g/mol. The maximum atomic E-state index is 9.55. The summed E-state index contributed by atoms with van der Waals surface area (Å²) < 4.78 is 0. The number of hydrogen-bond acceptors (Lipinski definition) is 3. The van der Waals surface area contributed by atoms with Gasteiger partial charge < -0.3 is 10.2 Å². The van der Waals surface area contributed by atoms with Gasteiger partial charge in [0.1, 0.15) is 0 Å². The molecule has 0 amide bonds. The molecule has 1 aromatic rings. The van der Waals surface area contributed by atoms with Crippen LogP contribution in [0.1, 0.15) is 5.56 Å². The summed E-state index contributed by atoms with van der Waals surface area (Å²) in [6.45, 7) is 2.04. The Labute approximate surface area is 86.7 Å². The van der Waals surface area contributed by atoms with Crippen LogP contribution in [-0.2, 0) is 9.59 Å². The summed E-state index contributed by atoms with van der Waals surface area (Å²) in [4.78, 5) is 23.0. The highest BCUT2D eigenvalue weighted by atomic mass is 16.4. The number of hydrogen-bond donors (Lipinski definition) is 2. The SMILES string of the molecule is Cc1ccncc1.O=C(O)C=CC(=O)O. The number of nitrogens with zero attached hydrogens (tertiary/aromatic N) is 1. The van der Waals surface area contributed by atoms with Gasteiger partial charge >= 0.3 is 11.9 Å². The summed E-state index contributed by atoms with van der Waals surface area (Å²) in [5, 5.41) is 15.6. The molecule has 1 heterocycles. The molecule has 1 aromatic heterocycles. The van der Waals surface area contributed by atoms with Crippen LogP contribution < -0.4 is 0 Å². The van der Waals surface area contributed by atoms with Gasteiger partial charge in [-0.3, -0.25) is 4.98 Å². The first kappa shape index (κ1) is 12.8. The fourth-order valence-corrected chi connectivity index (χ4v) is 0.569. The molecule has 0 radical (unpaired) electrons. The molecule has 0 fully saturated rings. The van der Waals surface area contributed by atoms with Gasteiger partial charge in [-0.25, -0.2) is 9.59 Å². The molecule has 0 saturated carbocycles. The molecule has 15 heavy (non-hydrogen) atoms. The van der Waals surface area contributed by atoms with E-state index >= 15 is 0 Å². The highest BCUT2D eigenvalue weighted by molar-refractivity contribution is 5.89. The smallest absolute Gasteiger partial charge is 0.328 e. The summed E-state index contributed by atoms with van der Waals surface area (Å²) in [6.07, 6.45) is 4.69. The Hall–Kier alpha value is -2.17. The average Bonchev–Trinajstić information content (AvgIpc) is 2.17. The van der Waals surface area contributed by atoms with Gasteiger partial charge in [0.25, 0.3) is 0 Å². The number of carboxylic acids is 2. The number of aliphatic carboxylic acids is 2. The molecule has 2 N–H and O–H groups in total. The van der Waals surface area contributed by atoms with Crippen molar-refractivity contribution in [3.05, 3.63) is 42.2 Å². The first-order valence-electron chi connectivity index (χ1n) is 4.03. The minimum Gasteiger partial charge on any atom is -0.478 e. The maximum absolute atomic E-state index is 9.55. The van der Waals surface area contributed by atoms with Crippen LogP contribution in [-0.4, -0.2) is 27.1 Å². The lowest BCUT2D eigenvalue weighted by atomic mass is 10.3. The van der Waals surface area contributed by atoms with Crippen molar-refractivity contribution in [3.8, 4) is 0 Å². The number of pyridine rings is 1. The van der Waals surface area contributed by atoms with Gasteiger partial charge in [0, 0.05) is 24.5 Å². The van der Waals surface area contributed by atoms with E-state index in [1.807, 2.05) is 19.1 Å². The topological polar surface area (TPSA) is 87.5 Å². The maximum Gasteiger partial charge on any atom is 0.328 e. The fourth-order valence-electron chi connectivity index (χ4n) is 0.569. The number of rotatable bonds is 2. The van der Waals surface area contributed by atoms with E-state index in [1.165, 1.54) is 5.56 Å². The van der Waals surface area contributed by atoms with Gasteiger partial charge in [0.15, 0.2) is 0 Å². The molecular formula is C10H11NO4. The van der Waals surface area contributed by atoms with Crippen LogP contribution in [0.3, 0.4) is 0 Å². The normalized spacial score (nSPS) is 9.13. The molecule has 0 aliphatic carbocycles. The zero-order valence-electron chi connectivity index (χ0n) is 8.12. The zero-order chi connectivity index (χ0) is 11.7. The Bertz CT molecular complexity index is 330. The minimum absolute atomic E-state index is 0.558. The van der Waals surface area contributed by atoms with E-state index in [0.717, 1.165) is 0 Å². The van der Waals surface area contributed by atoms with Gasteiger partial charge in [-0.2, -0.15) is 0 Å². The van der Waals surface area contributed by atoms with Crippen LogP contribution in [0.5, 0.6) is 0 Å². The largest absolute Gasteiger partial charge is 0.478 e. The Balaban J connectivity index is 0.000000262. The van der Waals surface area contributed by atoms with Crippen LogP contribution in [0, 0.1) is 6.92 Å². The molecule has 0 aromatic carbocycles. The zero-order valence-corrected chi connectivity index (χ0v) is 8.12. The Kier molecular flexibility index (Phi) is 6.20. The van der Waals surface area contributed by atoms with Crippen LogP contribution in [0.4, 0.5) is 0 Å². The average molecular weight is 209 g/mol. The summed E-state index contributed by atoms with van der Waals surface area (Å²) in [5.41, 5.74) is 1.26. The third-order valence-electron chi connectivity index (χ3n) is 1.22. The van der Waals surface area contributed by atoms with E-state index in [9.17, 15) is 9.59 Å². The molecule has 0 aliphatic heterocycles. The highest BCUT2D eigenvalue weighted by Crippen LogP contribution is 1.88. The first-order chi connectivity index (χ1) is 7.02. The van der Waals surface area contributed by atoms with E-state index in [0.29, 0.717) is 12.2 Å². The molecule has 5 nitrogen and oxygen atoms in total. The molecular weight excluding hydrogens is 198 g/mol. The number of aryl methyl sites for hydroxylation is 1. The van der Waals surface area contributed by atoms with Gasteiger partial charge in [-0.1, -0.05) is 0 Å². The lowest BCUT2D eigenvalue weighted by Crippen LogP contribution is -1.91. The van der Waals surface area contributed by atoms with Crippen LogP contribution >= 0.6 is 0 Å². The Morgan fingerprint density at radius 2 is 1.53 bits per heavy atom. The molecule has 5 heteroatoms. The molecule has 80 valence electrons. The quantitative estimate of drug-likeness (QED) is 0.712. The van der Waals surface area contributed by atoms with Crippen molar-refractivity contribution in [1.29, 1.82) is 0 Å². The van der Waals surface area contributed by atoms with Crippen molar-refractivity contribution in [2.45, 2.75) is 6.92 Å². The summed E-state index contributed by atoms with van der Waals surface area (Å²) >= 11 is 0. The van der Waals surface area contributed by atoms with Crippen LogP contribution in [0.2, 0.25) is 0 Å². The molecule has 1 rings (SSSR count). The van der Waals surface area contributed by atoms with E-state index in [-0.39, 0.29) is 0 Å². The number of aromatic nitrogens is 1. The lowest BCUT2D eigenvalue weighted by molar-refractivity contribution is -0.134. The fraction of sp³-hybridized carbons (Fsp3) is 0.100. The van der Waals surface area contributed by atoms with Gasteiger partial charge in [-0.05, 0) is 24.6 Å². The van der Waals surface area contributed by atoms with Crippen LogP contribution in [0.25, 0.3) is 0 Å². The van der Waals surface area contributed by atoms with Gasteiger partial charge in [0.2, 0.25) is 0 Å². The lowest BCUT2D eigenvalue weighted by Gasteiger charge is -1.82. The predicted octanol–water partition coefficient (Wildman–Crippen LogP) is 1.10. The van der Waals surface area contributed by atoms with E-state index in [1.54, 1.807) is 12.4 Å². The van der Waals surface area contributed by atoms with Crippen molar-refractivity contribution in [3.63, 3.8) is 0 Å². The molecule has 0 atom stereocenters. The molecule has 0 aliphatic rings. The number of carboxylic acid groups (broad SMARTS) is 2. The predicted molar refractivity (Wildman–Crippen MR) is 53.4 cm³/mol. The van der Waals surface area contributed by atoms with E-state index in [2.05, 4.69) is 4.98 Å². The molecule has 0 unspecified atom stereocenters. The van der Waals surface area contributed by atoms with Crippen molar-refractivity contribution < 1.29 is 19.8 Å². The van der Waals surface area contributed by atoms with Gasteiger partial charge in [-0.15, -0.1) is 0 Å². The second-order valence-electron chi connectivity index (χ2n) is 2.53. The molecule has 0 spiro atoms. The second kappa shape index (κ2) is 7.25. The minimum atomic E-state index is -1.26. The van der Waals surface area contributed by atoms with Crippen molar-refractivity contribution in [2.24, 2.45) is 0 Å². The van der Waals surface area contributed by atoms with Crippen molar-refractivity contribution in [2.75, 3.05) is 0 Å². The van der Waals surface area contributed by atoms with Gasteiger partial charge in [0.05, 0.1) is 0 Å². The van der Waals surface area contributed by atoms with Crippen LogP contribution in [0.15, 0.2) is 36.7 Å². The second-order valence-corrected chi connectivity index (χ2v) is 2.53. The highest BCUT2D eigenvalue weighted by Gasteiger charge is 1.88. The van der Waals surface area contributed by atoms with Crippen molar-refractivity contribution in [1.82, 2.24) is 4.98 Å². The van der Waals surface area contributed by atoms with Crippen molar-refractivity contribution >= 4 is 11.9 Å². The van der Waals surface area contributed by atoms with E-state index < -0.39 is 11.9 Å². The Morgan fingerprint density at radius 3 is 1.73 bits per heavy atom. The number of carbonyl (C=O) groups is 2. The summed E-state index contributed by atoms with van der Waals surface area (Å²) in [7, 11) is 0. The summed E-state index contributed by atoms with van der Waals surface area (Å²) in [6, 6.07) is 3.94. The Morgan fingerprint density at radius 1 is 1.13 bits per heavy atom. The third-order valence-corrected chi connectivity index (χ3v) is 1.22. The first-order valence-corrected chi connectivity index (χ1v) is 4.03.